The van der Waals surface area contributed by atoms with Crippen molar-refractivity contribution in [1.82, 2.24) is 5.32 Å². The fourth-order valence-corrected chi connectivity index (χ4v) is 4.00. The van der Waals surface area contributed by atoms with Crippen molar-refractivity contribution in [3.63, 3.8) is 0 Å². The van der Waals surface area contributed by atoms with Gasteiger partial charge in [-0.2, -0.15) is 0 Å². The lowest BCUT2D eigenvalue weighted by Gasteiger charge is -2.15. The second-order valence-corrected chi connectivity index (χ2v) is 9.04. The Hall–Kier alpha value is -3.00. The van der Waals surface area contributed by atoms with Gasteiger partial charge in [-0.1, -0.05) is 51.3 Å². The molecule has 174 valence electrons. The van der Waals surface area contributed by atoms with Crippen LogP contribution in [0.1, 0.15) is 18.1 Å². The number of carbonyl (C=O) groups is 2. The normalized spacial score (nSPS) is 14.5. The van der Waals surface area contributed by atoms with Gasteiger partial charge >= 0.3 is 6.03 Å². The molecule has 34 heavy (non-hydrogen) atoms. The van der Waals surface area contributed by atoms with E-state index in [0.717, 1.165) is 14.9 Å². The molecule has 1 aliphatic heterocycles. The Kier molecular flexibility index (Phi) is 7.46. The van der Waals surface area contributed by atoms with E-state index in [0.29, 0.717) is 46.0 Å². The molecule has 3 aromatic carbocycles. The van der Waals surface area contributed by atoms with Crippen LogP contribution in [0.25, 0.3) is 6.08 Å². The molecule has 1 N–H and O–H groups in total. The Bertz CT molecular complexity index is 1260. The quantitative estimate of drug-likeness (QED) is 0.253. The highest BCUT2D eigenvalue weighted by molar-refractivity contribution is 9.10. The fourth-order valence-electron chi connectivity index (χ4n) is 3.34. The zero-order chi connectivity index (χ0) is 24.2. The molecule has 6 nitrogen and oxygen atoms in total. The van der Waals surface area contributed by atoms with Gasteiger partial charge in [-0.05, 0) is 72.7 Å². The average molecular weight is 562 g/mol. The lowest BCUT2D eigenvalue weighted by atomic mass is 10.1. The van der Waals surface area contributed by atoms with Crippen LogP contribution in [0.3, 0.4) is 0 Å². The summed E-state index contributed by atoms with van der Waals surface area (Å²) >= 11 is 15.8. The average Bonchev–Trinajstić information content (AvgIpc) is 3.08. The summed E-state index contributed by atoms with van der Waals surface area (Å²) in [6, 6.07) is 17.0. The number of urea groups is 1. The van der Waals surface area contributed by atoms with Crippen molar-refractivity contribution < 1.29 is 19.1 Å². The van der Waals surface area contributed by atoms with Gasteiger partial charge in [-0.15, -0.1) is 0 Å². The van der Waals surface area contributed by atoms with Gasteiger partial charge in [-0.3, -0.25) is 4.79 Å². The highest BCUT2D eigenvalue weighted by atomic mass is 79.9. The number of nitrogens with one attached hydrogen (secondary N) is 1. The summed E-state index contributed by atoms with van der Waals surface area (Å²) in [6.07, 6.45) is 1.54. The number of halogens is 3. The number of hydrogen-bond acceptors (Lipinski definition) is 4. The SMILES string of the molecule is CCOc1cc(/C=C2/NC(=O)N(c3ccc(Cl)cc3)C2=O)cc(Cl)c1OCc1ccc(Br)cc1. The zero-order valence-electron chi connectivity index (χ0n) is 18.0. The van der Waals surface area contributed by atoms with Gasteiger partial charge in [0.25, 0.3) is 5.91 Å². The topological polar surface area (TPSA) is 67.9 Å². The van der Waals surface area contributed by atoms with E-state index >= 15 is 0 Å². The molecule has 3 aromatic rings. The molecule has 4 rings (SSSR count). The van der Waals surface area contributed by atoms with Crippen LogP contribution in [0.4, 0.5) is 10.5 Å². The molecular formula is C25H19BrCl2N2O4. The summed E-state index contributed by atoms with van der Waals surface area (Å²) in [5.41, 5.74) is 2.07. The molecule has 0 spiro atoms. The van der Waals surface area contributed by atoms with Crippen molar-refractivity contribution in [2.45, 2.75) is 13.5 Å². The first-order valence-electron chi connectivity index (χ1n) is 10.3. The van der Waals surface area contributed by atoms with Crippen LogP contribution in [0, 0.1) is 0 Å². The maximum absolute atomic E-state index is 12.9. The summed E-state index contributed by atoms with van der Waals surface area (Å²) in [6.45, 7) is 2.55. The monoisotopic (exact) mass is 560 g/mol. The van der Waals surface area contributed by atoms with Crippen LogP contribution >= 0.6 is 39.1 Å². The Labute approximate surface area is 215 Å². The van der Waals surface area contributed by atoms with Gasteiger partial charge in [0.1, 0.15) is 12.3 Å². The minimum atomic E-state index is -0.552. The summed E-state index contributed by atoms with van der Waals surface area (Å²) in [4.78, 5) is 26.4. The number of imide groups is 1. The summed E-state index contributed by atoms with van der Waals surface area (Å²) in [5, 5.41) is 3.43. The van der Waals surface area contributed by atoms with E-state index in [1.165, 1.54) is 0 Å². The number of nitrogens with zero attached hydrogens (tertiary/aromatic N) is 1. The van der Waals surface area contributed by atoms with E-state index in [2.05, 4.69) is 21.2 Å². The van der Waals surface area contributed by atoms with Crippen molar-refractivity contribution in [1.29, 1.82) is 0 Å². The molecule has 1 aliphatic rings. The van der Waals surface area contributed by atoms with Gasteiger partial charge in [0.05, 0.1) is 17.3 Å². The maximum Gasteiger partial charge on any atom is 0.333 e. The van der Waals surface area contributed by atoms with Crippen LogP contribution in [0.5, 0.6) is 11.5 Å². The second kappa shape index (κ2) is 10.5. The van der Waals surface area contributed by atoms with E-state index in [9.17, 15) is 9.59 Å². The number of amides is 3. The Morgan fingerprint density at radius 1 is 1.00 bits per heavy atom. The number of anilines is 1. The minimum Gasteiger partial charge on any atom is -0.490 e. The van der Waals surface area contributed by atoms with Gasteiger partial charge in [0.15, 0.2) is 11.5 Å². The highest BCUT2D eigenvalue weighted by Crippen LogP contribution is 2.38. The van der Waals surface area contributed by atoms with E-state index in [1.807, 2.05) is 31.2 Å². The zero-order valence-corrected chi connectivity index (χ0v) is 21.1. The van der Waals surface area contributed by atoms with Crippen molar-refractivity contribution in [3.05, 3.63) is 92.0 Å². The molecule has 1 heterocycles. The van der Waals surface area contributed by atoms with E-state index in [4.69, 9.17) is 32.7 Å². The van der Waals surface area contributed by atoms with Crippen molar-refractivity contribution in [2.75, 3.05) is 11.5 Å². The number of rotatable bonds is 7. The predicted octanol–water partition coefficient (Wildman–Crippen LogP) is 6.83. The molecule has 1 saturated heterocycles. The first-order valence-corrected chi connectivity index (χ1v) is 11.9. The largest absolute Gasteiger partial charge is 0.490 e. The standard InChI is InChI=1S/C25H19BrCl2N2O4/c1-2-33-22-13-16(11-20(28)23(22)34-14-15-3-5-17(26)6-4-15)12-21-24(31)30(25(32)29-21)19-9-7-18(27)8-10-19/h3-13H,2,14H2,1H3,(H,29,32)/b21-12+. The molecule has 0 aromatic heterocycles. The number of benzene rings is 3. The first-order chi connectivity index (χ1) is 16.4. The van der Waals surface area contributed by atoms with E-state index < -0.39 is 11.9 Å². The molecule has 0 saturated carbocycles. The van der Waals surface area contributed by atoms with Gasteiger partial charge < -0.3 is 14.8 Å². The fraction of sp³-hybridized carbons (Fsp3) is 0.120. The van der Waals surface area contributed by atoms with Crippen LogP contribution < -0.4 is 19.7 Å². The Balaban J connectivity index is 1.59. The molecular weight excluding hydrogens is 543 g/mol. The molecule has 3 amide bonds. The van der Waals surface area contributed by atoms with Crippen LogP contribution in [0.2, 0.25) is 10.0 Å². The third-order valence-corrected chi connectivity index (χ3v) is 5.96. The third kappa shape index (κ3) is 5.38. The molecule has 1 fully saturated rings. The van der Waals surface area contributed by atoms with Gasteiger partial charge in [0, 0.05) is 9.50 Å². The second-order valence-electron chi connectivity index (χ2n) is 7.28. The van der Waals surface area contributed by atoms with E-state index in [1.54, 1.807) is 42.5 Å². The summed E-state index contributed by atoms with van der Waals surface area (Å²) in [7, 11) is 0. The molecule has 0 bridgehead atoms. The molecule has 0 atom stereocenters. The van der Waals surface area contributed by atoms with Crippen LogP contribution in [-0.2, 0) is 11.4 Å². The van der Waals surface area contributed by atoms with Crippen LogP contribution in [0.15, 0.2) is 70.8 Å². The number of carbonyl (C=O) groups excluding carboxylic acids is 2. The third-order valence-electron chi connectivity index (χ3n) is 4.90. The Morgan fingerprint density at radius 2 is 1.71 bits per heavy atom. The molecule has 0 aliphatic carbocycles. The lowest BCUT2D eigenvalue weighted by molar-refractivity contribution is -0.113. The highest BCUT2D eigenvalue weighted by Gasteiger charge is 2.34. The first kappa shape index (κ1) is 24.1. The predicted molar refractivity (Wildman–Crippen MR) is 137 cm³/mol. The van der Waals surface area contributed by atoms with Crippen molar-refractivity contribution in [2.24, 2.45) is 0 Å². The Morgan fingerprint density at radius 3 is 2.38 bits per heavy atom. The number of hydrogen-bond donors (Lipinski definition) is 1. The van der Waals surface area contributed by atoms with Gasteiger partial charge in [-0.25, -0.2) is 9.69 Å². The van der Waals surface area contributed by atoms with Crippen LogP contribution in [-0.4, -0.2) is 18.5 Å². The van der Waals surface area contributed by atoms with Crippen molar-refractivity contribution in [3.8, 4) is 11.5 Å². The van der Waals surface area contributed by atoms with E-state index in [-0.39, 0.29) is 5.70 Å². The van der Waals surface area contributed by atoms with Crippen molar-refractivity contribution >= 4 is 62.8 Å². The van der Waals surface area contributed by atoms with Gasteiger partial charge in [0.2, 0.25) is 0 Å². The summed E-state index contributed by atoms with van der Waals surface area (Å²) in [5.74, 6) is 0.348. The smallest absolute Gasteiger partial charge is 0.333 e. The molecule has 0 radical (unpaired) electrons. The summed E-state index contributed by atoms with van der Waals surface area (Å²) < 4.78 is 12.7. The lowest BCUT2D eigenvalue weighted by Crippen LogP contribution is -2.30. The molecule has 0 unspecified atom stereocenters. The molecule has 9 heteroatoms. The minimum absolute atomic E-state index is 0.113. The number of ether oxygens (including phenoxy) is 2. The maximum atomic E-state index is 12.9.